The molecule has 9 nitrogen and oxygen atoms in total. The van der Waals surface area contributed by atoms with Gasteiger partial charge in [-0.15, -0.1) is 0 Å². The Morgan fingerprint density at radius 1 is 1.06 bits per heavy atom. The Morgan fingerprint density at radius 2 is 1.83 bits per heavy atom. The highest BCUT2D eigenvalue weighted by molar-refractivity contribution is 5.82. The second-order valence-electron chi connectivity index (χ2n) is 8.54. The molecule has 0 unspecified atom stereocenters. The number of aromatic nitrogens is 2. The molecule has 0 radical (unpaired) electrons. The van der Waals surface area contributed by atoms with E-state index in [0.29, 0.717) is 48.2 Å². The fourth-order valence-electron chi connectivity index (χ4n) is 4.29. The summed E-state index contributed by atoms with van der Waals surface area (Å²) >= 11 is 0. The second-order valence-corrected chi connectivity index (χ2v) is 8.54. The van der Waals surface area contributed by atoms with Gasteiger partial charge in [-0.05, 0) is 36.8 Å². The fourth-order valence-corrected chi connectivity index (χ4v) is 4.29. The Kier molecular flexibility index (Phi) is 6.94. The molecule has 3 aromatic rings. The van der Waals surface area contributed by atoms with Gasteiger partial charge in [0.2, 0.25) is 17.7 Å². The van der Waals surface area contributed by atoms with Gasteiger partial charge < -0.3 is 25.2 Å². The zero-order valence-corrected chi connectivity index (χ0v) is 19.9. The molecule has 0 atom stereocenters. The highest BCUT2D eigenvalue weighted by Gasteiger charge is 2.23. The molecule has 5 rings (SSSR count). The molecule has 1 aromatic heterocycles. The summed E-state index contributed by atoms with van der Waals surface area (Å²) in [5.41, 5.74) is 2.75. The summed E-state index contributed by atoms with van der Waals surface area (Å²) in [7, 11) is 0. The summed E-state index contributed by atoms with van der Waals surface area (Å²) in [5, 5.41) is 16.0. The van der Waals surface area contributed by atoms with E-state index in [1.54, 1.807) is 12.3 Å². The first-order valence-corrected chi connectivity index (χ1v) is 12.0. The number of hydrogen-bond donors (Lipinski definition) is 2. The summed E-state index contributed by atoms with van der Waals surface area (Å²) in [6.45, 7) is 3.71. The molecule has 3 heterocycles. The Morgan fingerprint density at radius 3 is 2.61 bits per heavy atom. The third-order valence-electron chi connectivity index (χ3n) is 6.20. The summed E-state index contributed by atoms with van der Waals surface area (Å²) < 4.78 is 5.79. The van der Waals surface area contributed by atoms with Crippen LogP contribution in [-0.4, -0.2) is 53.5 Å². The number of para-hydroxylation sites is 3. The van der Waals surface area contributed by atoms with E-state index >= 15 is 0 Å². The summed E-state index contributed by atoms with van der Waals surface area (Å²) in [6.07, 6.45) is 2.72. The maximum absolute atomic E-state index is 12.7. The van der Waals surface area contributed by atoms with Crippen molar-refractivity contribution in [2.75, 3.05) is 48.3 Å². The normalized spacial score (nSPS) is 15.9. The van der Waals surface area contributed by atoms with E-state index in [2.05, 4.69) is 43.7 Å². The lowest BCUT2D eigenvalue weighted by Crippen LogP contribution is -2.48. The highest BCUT2D eigenvalue weighted by atomic mass is 16.5. The third-order valence-corrected chi connectivity index (χ3v) is 6.20. The van der Waals surface area contributed by atoms with Gasteiger partial charge in [0.25, 0.3) is 0 Å². The molecular formula is C27H27N7O2. The summed E-state index contributed by atoms with van der Waals surface area (Å²) in [5.74, 6) is 1.58. The van der Waals surface area contributed by atoms with Crippen molar-refractivity contribution < 1.29 is 9.53 Å². The number of nitrogens with one attached hydrogen (secondary N) is 2. The number of carbonyl (C=O) groups excluding carboxylic acids is 1. The van der Waals surface area contributed by atoms with Crippen molar-refractivity contribution >= 4 is 28.8 Å². The van der Waals surface area contributed by atoms with Crippen molar-refractivity contribution in [3.05, 3.63) is 78.4 Å². The van der Waals surface area contributed by atoms with E-state index in [1.807, 2.05) is 47.4 Å². The van der Waals surface area contributed by atoms with Crippen LogP contribution >= 0.6 is 0 Å². The number of fused-ring (bicyclic) bond motifs is 1. The van der Waals surface area contributed by atoms with Gasteiger partial charge in [0.05, 0.1) is 11.4 Å². The zero-order chi connectivity index (χ0) is 24.7. The van der Waals surface area contributed by atoms with Crippen molar-refractivity contribution in [3.63, 3.8) is 0 Å². The van der Waals surface area contributed by atoms with Crippen LogP contribution in [0.4, 0.5) is 17.3 Å². The number of rotatable bonds is 7. The first-order valence-electron chi connectivity index (χ1n) is 12.0. The van der Waals surface area contributed by atoms with Crippen molar-refractivity contribution in [1.82, 2.24) is 14.9 Å². The second kappa shape index (κ2) is 10.8. The molecule has 1 fully saturated rings. The standard InChI is InChI=1S/C27H27N7O2/c28-19-21(26-31-23-9-4-5-10-24(23)36-26)22-12-14-30-27(32-22)29-13-6-11-25(35)34-17-15-33(16-18-34)20-7-2-1-3-8-20/h1-5,7-10,12,14,31H,6,11,13,15-18H2,(H,29,30,32)/b26-21-. The predicted octanol–water partition coefficient (Wildman–Crippen LogP) is 3.71. The van der Waals surface area contributed by atoms with E-state index in [0.717, 1.165) is 31.9 Å². The molecule has 36 heavy (non-hydrogen) atoms. The van der Waals surface area contributed by atoms with Crippen LogP contribution in [0, 0.1) is 11.3 Å². The molecular weight excluding hydrogens is 454 g/mol. The number of benzene rings is 2. The van der Waals surface area contributed by atoms with Gasteiger partial charge in [-0.1, -0.05) is 30.3 Å². The number of carbonyl (C=O) groups is 1. The van der Waals surface area contributed by atoms with E-state index in [1.165, 1.54) is 5.69 Å². The van der Waals surface area contributed by atoms with Crippen LogP contribution in [0.2, 0.25) is 0 Å². The van der Waals surface area contributed by atoms with Gasteiger partial charge in [0.15, 0.2) is 5.75 Å². The van der Waals surface area contributed by atoms with E-state index in [4.69, 9.17) is 4.74 Å². The van der Waals surface area contributed by atoms with Crippen molar-refractivity contribution in [2.24, 2.45) is 0 Å². The lowest BCUT2D eigenvalue weighted by Gasteiger charge is -2.36. The quantitative estimate of drug-likeness (QED) is 0.389. The first-order chi connectivity index (χ1) is 17.7. The molecule has 182 valence electrons. The van der Waals surface area contributed by atoms with Crippen LogP contribution in [0.3, 0.4) is 0 Å². The zero-order valence-electron chi connectivity index (χ0n) is 19.9. The number of piperazine rings is 1. The minimum absolute atomic E-state index is 0.166. The predicted molar refractivity (Wildman–Crippen MR) is 138 cm³/mol. The summed E-state index contributed by atoms with van der Waals surface area (Å²) in [4.78, 5) is 25.6. The topological polar surface area (TPSA) is 106 Å². The minimum atomic E-state index is 0.166. The van der Waals surface area contributed by atoms with Crippen LogP contribution < -0.4 is 20.3 Å². The van der Waals surface area contributed by atoms with Gasteiger partial charge in [-0.2, -0.15) is 5.26 Å². The first kappa shape index (κ1) is 23.2. The average molecular weight is 482 g/mol. The van der Waals surface area contributed by atoms with E-state index < -0.39 is 0 Å². The monoisotopic (exact) mass is 481 g/mol. The molecule has 1 saturated heterocycles. The number of nitriles is 1. The van der Waals surface area contributed by atoms with Crippen molar-refractivity contribution in [3.8, 4) is 11.8 Å². The molecule has 2 aromatic carbocycles. The molecule has 9 heteroatoms. The van der Waals surface area contributed by atoms with Crippen LogP contribution in [0.1, 0.15) is 18.5 Å². The molecule has 2 N–H and O–H groups in total. The van der Waals surface area contributed by atoms with Crippen molar-refractivity contribution in [2.45, 2.75) is 12.8 Å². The molecule has 2 aliphatic heterocycles. The van der Waals surface area contributed by atoms with Crippen LogP contribution in [0.5, 0.6) is 5.75 Å². The maximum atomic E-state index is 12.7. The van der Waals surface area contributed by atoms with E-state index in [-0.39, 0.29) is 5.91 Å². The number of amides is 1. The smallest absolute Gasteiger partial charge is 0.223 e. The maximum Gasteiger partial charge on any atom is 0.223 e. The van der Waals surface area contributed by atoms with Crippen LogP contribution in [0.25, 0.3) is 5.57 Å². The Labute approximate surface area is 210 Å². The largest absolute Gasteiger partial charge is 0.437 e. The lowest BCUT2D eigenvalue weighted by atomic mass is 10.2. The number of allylic oxidation sites excluding steroid dienone is 1. The minimum Gasteiger partial charge on any atom is -0.437 e. The number of nitrogens with zero attached hydrogens (tertiary/aromatic N) is 5. The number of anilines is 3. The third kappa shape index (κ3) is 5.23. The van der Waals surface area contributed by atoms with Gasteiger partial charge in [0.1, 0.15) is 11.6 Å². The van der Waals surface area contributed by atoms with Gasteiger partial charge in [-0.3, -0.25) is 4.79 Å². The molecule has 0 saturated carbocycles. The van der Waals surface area contributed by atoms with E-state index in [9.17, 15) is 10.1 Å². The number of ether oxygens (including phenoxy) is 1. The van der Waals surface area contributed by atoms with Gasteiger partial charge in [0, 0.05) is 51.0 Å². The molecule has 1 amide bonds. The van der Waals surface area contributed by atoms with Crippen molar-refractivity contribution in [1.29, 1.82) is 5.26 Å². The Balaban J connectivity index is 1.10. The lowest BCUT2D eigenvalue weighted by molar-refractivity contribution is -0.131. The average Bonchev–Trinajstić information content (AvgIpc) is 3.36. The number of hydrogen-bond acceptors (Lipinski definition) is 8. The fraction of sp³-hybridized carbons (Fsp3) is 0.259. The Bertz CT molecular complexity index is 1270. The highest BCUT2D eigenvalue weighted by Crippen LogP contribution is 2.35. The molecule has 2 aliphatic rings. The molecule has 0 bridgehead atoms. The molecule has 0 spiro atoms. The Hall–Kier alpha value is -4.58. The van der Waals surface area contributed by atoms with Gasteiger partial charge >= 0.3 is 0 Å². The van der Waals surface area contributed by atoms with Gasteiger partial charge in [-0.25, -0.2) is 9.97 Å². The molecule has 0 aliphatic carbocycles. The summed E-state index contributed by atoms with van der Waals surface area (Å²) in [6, 6.07) is 21.6. The van der Waals surface area contributed by atoms with Crippen LogP contribution in [-0.2, 0) is 4.79 Å². The SMILES string of the molecule is N#C/C(=C1\Nc2ccccc2O1)c1ccnc(NCCCC(=O)N2CCN(c3ccccc3)CC2)n1. The van der Waals surface area contributed by atoms with Crippen LogP contribution in [0.15, 0.2) is 72.7 Å².